The summed E-state index contributed by atoms with van der Waals surface area (Å²) in [5.41, 5.74) is 0.596. The van der Waals surface area contributed by atoms with Crippen molar-refractivity contribution in [2.45, 2.75) is 59.0 Å². The van der Waals surface area contributed by atoms with Gasteiger partial charge in [0, 0.05) is 13.3 Å². The minimum Gasteiger partial charge on any atom is -0.446 e. The summed E-state index contributed by atoms with van der Waals surface area (Å²) in [6, 6.07) is 0. The minimum atomic E-state index is -0.769. The lowest BCUT2D eigenvalue weighted by molar-refractivity contribution is -0.150. The highest BCUT2D eigenvalue weighted by molar-refractivity contribution is 5.67. The summed E-state index contributed by atoms with van der Waals surface area (Å²) in [6.45, 7) is 7.43. The van der Waals surface area contributed by atoms with Crippen LogP contribution in [0.2, 0.25) is 0 Å². The van der Waals surface area contributed by atoms with Crippen molar-refractivity contribution < 1.29 is 9.53 Å². The van der Waals surface area contributed by atoms with Gasteiger partial charge in [-0.1, -0.05) is 30.9 Å². The van der Waals surface area contributed by atoms with Crippen molar-refractivity contribution in [3.05, 3.63) is 11.6 Å². The van der Waals surface area contributed by atoms with E-state index >= 15 is 0 Å². The van der Waals surface area contributed by atoms with Crippen molar-refractivity contribution in [2.24, 2.45) is 0 Å². The highest BCUT2D eigenvalue weighted by atomic mass is 16.6. The lowest BCUT2D eigenvalue weighted by Gasteiger charge is -2.22. The Morgan fingerprint density at radius 1 is 1.50 bits per heavy atom. The highest BCUT2D eigenvalue weighted by Gasteiger charge is 2.23. The maximum absolute atomic E-state index is 10.9. The molecule has 0 radical (unpaired) electrons. The van der Waals surface area contributed by atoms with Crippen molar-refractivity contribution in [3.8, 4) is 12.3 Å². The molecule has 16 heavy (non-hydrogen) atoms. The number of hydrogen-bond acceptors (Lipinski definition) is 2. The first-order valence-electron chi connectivity index (χ1n) is 5.76. The van der Waals surface area contributed by atoms with Crippen LogP contribution in [-0.2, 0) is 9.53 Å². The molecule has 0 rings (SSSR count). The summed E-state index contributed by atoms with van der Waals surface area (Å²) in [5, 5.41) is 0. The number of rotatable bonds is 6. The van der Waals surface area contributed by atoms with Crippen LogP contribution < -0.4 is 0 Å². The molecule has 1 unspecified atom stereocenters. The van der Waals surface area contributed by atoms with Gasteiger partial charge in [0.1, 0.15) is 0 Å². The predicted octanol–water partition coefficient (Wildman–Crippen LogP) is 3.47. The van der Waals surface area contributed by atoms with E-state index in [1.807, 2.05) is 0 Å². The molecule has 2 nitrogen and oxygen atoms in total. The Labute approximate surface area is 99.1 Å². The van der Waals surface area contributed by atoms with Crippen molar-refractivity contribution in [2.75, 3.05) is 0 Å². The predicted molar refractivity (Wildman–Crippen MR) is 66.9 cm³/mol. The summed E-state index contributed by atoms with van der Waals surface area (Å²) in [5.74, 6) is 2.22. The van der Waals surface area contributed by atoms with Crippen molar-refractivity contribution in [1.82, 2.24) is 0 Å². The molecule has 0 aliphatic heterocycles. The van der Waals surface area contributed by atoms with Crippen LogP contribution in [0, 0.1) is 12.3 Å². The fourth-order valence-electron chi connectivity index (χ4n) is 1.56. The van der Waals surface area contributed by atoms with Crippen LogP contribution in [0.25, 0.3) is 0 Å². The first-order valence-corrected chi connectivity index (χ1v) is 5.76. The second kappa shape index (κ2) is 7.11. The highest BCUT2D eigenvalue weighted by Crippen LogP contribution is 2.18. The Morgan fingerprint density at radius 3 is 2.56 bits per heavy atom. The molecule has 0 aliphatic carbocycles. The lowest BCUT2D eigenvalue weighted by atomic mass is 9.99. The molecule has 0 spiro atoms. The molecule has 90 valence electrons. The molecule has 0 fully saturated rings. The van der Waals surface area contributed by atoms with E-state index in [4.69, 9.17) is 11.2 Å². The SMILES string of the molecule is C#CC(C)(CC/C=C(\C)CCC)OC(C)=O. The zero-order valence-corrected chi connectivity index (χ0v) is 10.8. The first-order chi connectivity index (χ1) is 7.43. The molecule has 0 aromatic carbocycles. The summed E-state index contributed by atoms with van der Waals surface area (Å²) in [6.07, 6.45) is 11.3. The van der Waals surface area contributed by atoms with Crippen LogP contribution in [-0.4, -0.2) is 11.6 Å². The van der Waals surface area contributed by atoms with E-state index in [1.54, 1.807) is 6.92 Å². The average Bonchev–Trinajstić information content (AvgIpc) is 2.17. The Hall–Kier alpha value is -1.23. The van der Waals surface area contributed by atoms with Crippen molar-refractivity contribution in [3.63, 3.8) is 0 Å². The summed E-state index contributed by atoms with van der Waals surface area (Å²) in [7, 11) is 0. The maximum atomic E-state index is 10.9. The Morgan fingerprint density at radius 2 is 2.12 bits per heavy atom. The van der Waals surface area contributed by atoms with Crippen LogP contribution in [0.5, 0.6) is 0 Å². The Balaban J connectivity index is 4.20. The standard InChI is InChI=1S/C14H22O2/c1-6-9-12(3)10-8-11-14(5,7-2)16-13(4)15/h2,10H,6,8-9,11H2,1,3-5H3/b12-10+. The molecule has 1 atom stereocenters. The maximum Gasteiger partial charge on any atom is 0.304 e. The number of esters is 1. The third kappa shape index (κ3) is 6.29. The summed E-state index contributed by atoms with van der Waals surface area (Å²) < 4.78 is 5.12. The molecule has 0 saturated heterocycles. The summed E-state index contributed by atoms with van der Waals surface area (Å²) in [4.78, 5) is 10.9. The minimum absolute atomic E-state index is 0.324. The molecule has 0 saturated carbocycles. The lowest BCUT2D eigenvalue weighted by Crippen LogP contribution is -2.28. The fraction of sp³-hybridized carbons (Fsp3) is 0.643. The monoisotopic (exact) mass is 222 g/mol. The smallest absolute Gasteiger partial charge is 0.304 e. The Kier molecular flexibility index (Phi) is 6.56. The average molecular weight is 222 g/mol. The number of carbonyl (C=O) groups is 1. The molecule has 0 amide bonds. The van der Waals surface area contributed by atoms with Gasteiger partial charge in [0.25, 0.3) is 0 Å². The number of allylic oxidation sites excluding steroid dienone is 2. The number of ether oxygens (including phenoxy) is 1. The zero-order valence-electron chi connectivity index (χ0n) is 10.8. The van der Waals surface area contributed by atoms with E-state index in [-0.39, 0.29) is 5.97 Å². The number of carbonyl (C=O) groups excluding carboxylic acids is 1. The zero-order chi connectivity index (χ0) is 12.6. The molecule has 0 aromatic rings. The molecule has 0 aromatic heterocycles. The van der Waals surface area contributed by atoms with E-state index in [9.17, 15) is 4.79 Å². The van der Waals surface area contributed by atoms with Gasteiger partial charge in [-0.15, -0.1) is 6.42 Å². The van der Waals surface area contributed by atoms with Gasteiger partial charge in [-0.25, -0.2) is 0 Å². The third-order valence-electron chi connectivity index (χ3n) is 2.43. The summed E-state index contributed by atoms with van der Waals surface area (Å²) >= 11 is 0. The molecule has 0 heterocycles. The van der Waals surface area contributed by atoms with E-state index < -0.39 is 5.60 Å². The molecule has 0 aliphatic rings. The largest absolute Gasteiger partial charge is 0.446 e. The second-order valence-electron chi connectivity index (χ2n) is 4.31. The molecule has 0 bridgehead atoms. The Bertz CT molecular complexity index is 296. The number of hydrogen-bond donors (Lipinski definition) is 0. The van der Waals surface area contributed by atoms with E-state index in [0.717, 1.165) is 19.3 Å². The quantitative estimate of drug-likeness (QED) is 0.391. The van der Waals surface area contributed by atoms with Crippen LogP contribution >= 0.6 is 0 Å². The molecule has 0 N–H and O–H groups in total. The van der Waals surface area contributed by atoms with Crippen LogP contribution in [0.4, 0.5) is 0 Å². The van der Waals surface area contributed by atoms with Gasteiger partial charge in [-0.05, 0) is 26.7 Å². The van der Waals surface area contributed by atoms with E-state index in [2.05, 4.69) is 25.8 Å². The topological polar surface area (TPSA) is 26.3 Å². The van der Waals surface area contributed by atoms with Gasteiger partial charge < -0.3 is 4.74 Å². The van der Waals surface area contributed by atoms with Crippen LogP contribution in [0.15, 0.2) is 11.6 Å². The number of terminal acetylenes is 1. The molecular formula is C14H22O2. The van der Waals surface area contributed by atoms with Crippen molar-refractivity contribution >= 4 is 5.97 Å². The van der Waals surface area contributed by atoms with Gasteiger partial charge in [0.15, 0.2) is 5.60 Å². The van der Waals surface area contributed by atoms with Crippen molar-refractivity contribution in [1.29, 1.82) is 0 Å². The van der Waals surface area contributed by atoms with Gasteiger partial charge in [-0.2, -0.15) is 0 Å². The van der Waals surface area contributed by atoms with Gasteiger partial charge in [-0.3, -0.25) is 4.79 Å². The van der Waals surface area contributed by atoms with E-state index in [0.29, 0.717) is 6.42 Å². The molecular weight excluding hydrogens is 200 g/mol. The van der Waals surface area contributed by atoms with Gasteiger partial charge >= 0.3 is 5.97 Å². The fourth-order valence-corrected chi connectivity index (χ4v) is 1.56. The van der Waals surface area contributed by atoms with E-state index in [1.165, 1.54) is 12.5 Å². The van der Waals surface area contributed by atoms with Gasteiger partial charge in [0.05, 0.1) is 0 Å². The van der Waals surface area contributed by atoms with Gasteiger partial charge in [0.2, 0.25) is 0 Å². The normalized spacial score (nSPS) is 15.1. The second-order valence-corrected chi connectivity index (χ2v) is 4.31. The molecule has 2 heteroatoms. The van der Waals surface area contributed by atoms with Crippen LogP contribution in [0.1, 0.15) is 53.4 Å². The third-order valence-corrected chi connectivity index (χ3v) is 2.43. The first kappa shape index (κ1) is 14.8. The van der Waals surface area contributed by atoms with Crippen LogP contribution in [0.3, 0.4) is 0 Å².